The van der Waals surface area contributed by atoms with Crippen LogP contribution in [0.25, 0.3) is 0 Å². The van der Waals surface area contributed by atoms with Gasteiger partial charge in [0.25, 0.3) is 0 Å². The van der Waals surface area contributed by atoms with Crippen molar-refractivity contribution in [2.75, 3.05) is 144 Å². The number of aliphatic carboxylic acids is 1. The minimum Gasteiger partial charge on any atom is -0.476 e. The number of ether oxygens (including phenoxy) is 11. The Hall–Kier alpha value is -3.26. The third-order valence-corrected chi connectivity index (χ3v) is 6.70. The second-order valence-electron chi connectivity index (χ2n) is 11.0. The van der Waals surface area contributed by atoms with Crippen molar-refractivity contribution in [3.05, 3.63) is 29.8 Å². The molecule has 1 aromatic rings. The van der Waals surface area contributed by atoms with Crippen molar-refractivity contribution in [2.24, 2.45) is 0 Å². The van der Waals surface area contributed by atoms with E-state index in [-0.39, 0.29) is 32.2 Å². The van der Waals surface area contributed by atoms with Crippen molar-refractivity contribution in [3.63, 3.8) is 0 Å². The molecule has 0 aromatic heterocycles. The number of esters is 2. The van der Waals surface area contributed by atoms with Gasteiger partial charge in [-0.2, -0.15) is 0 Å². The van der Waals surface area contributed by atoms with E-state index in [0.717, 1.165) is 25.1 Å². The third kappa shape index (κ3) is 30.9. The third-order valence-electron chi connectivity index (χ3n) is 6.70. The molecule has 0 atom stereocenters. The molecule has 17 heteroatoms. The molecule has 0 bridgehead atoms. The molecule has 1 aromatic carbocycles. The maximum absolute atomic E-state index is 12.1. The van der Waals surface area contributed by atoms with Gasteiger partial charge in [-0.15, -0.1) is 0 Å². The van der Waals surface area contributed by atoms with Gasteiger partial charge in [-0.1, -0.05) is 13.3 Å². The lowest BCUT2D eigenvalue weighted by Crippen LogP contribution is -2.17. The maximum atomic E-state index is 12.1. The number of carbonyl (C=O) groups is 4. The summed E-state index contributed by atoms with van der Waals surface area (Å²) in [5.41, 5.74) is 1.49. The fraction of sp³-hybridized carbons (Fsp3) is 0.722. The molecule has 0 aliphatic carbocycles. The highest BCUT2D eigenvalue weighted by molar-refractivity contribution is 6.32. The predicted molar refractivity (Wildman–Crippen MR) is 190 cm³/mol. The van der Waals surface area contributed by atoms with Crippen molar-refractivity contribution >= 4 is 29.4 Å². The number of hydrogen-bond acceptors (Lipinski definition) is 16. The van der Waals surface area contributed by atoms with Crippen LogP contribution < -0.4 is 5.32 Å². The van der Waals surface area contributed by atoms with Crippen LogP contribution in [0.3, 0.4) is 0 Å². The van der Waals surface area contributed by atoms with Crippen LogP contribution in [0.15, 0.2) is 24.3 Å². The summed E-state index contributed by atoms with van der Waals surface area (Å²) in [5, 5.41) is 11.8. The Balaban J connectivity index is 1.71. The molecule has 0 aliphatic rings. The van der Waals surface area contributed by atoms with Gasteiger partial charge in [-0.05, 0) is 30.7 Å². The summed E-state index contributed by atoms with van der Waals surface area (Å²) in [5.74, 6) is -3.62. The van der Waals surface area contributed by atoms with E-state index in [0.29, 0.717) is 118 Å². The summed E-state index contributed by atoms with van der Waals surface area (Å²) in [6.45, 7) is 10.4. The number of hydrogen-bond donors (Lipinski definition) is 2. The molecule has 0 unspecified atom stereocenters. The van der Waals surface area contributed by atoms with E-state index in [4.69, 9.17) is 57.2 Å². The number of carboxylic acid groups (broad SMARTS) is 1. The predicted octanol–water partition coefficient (Wildman–Crippen LogP) is 2.18. The number of carboxylic acids is 1. The van der Waals surface area contributed by atoms with Crippen LogP contribution in [0.2, 0.25) is 0 Å². The van der Waals surface area contributed by atoms with Crippen LogP contribution >= 0.6 is 0 Å². The molecule has 0 fully saturated rings. The first-order valence-corrected chi connectivity index (χ1v) is 18.1. The fourth-order valence-corrected chi connectivity index (χ4v) is 3.88. The van der Waals surface area contributed by atoms with E-state index in [1.165, 1.54) is 0 Å². The molecule has 2 N–H and O–H groups in total. The van der Waals surface area contributed by atoms with Crippen molar-refractivity contribution in [2.45, 2.75) is 32.6 Å². The molecular weight excluding hydrogens is 702 g/mol. The molecule has 0 amide bonds. The van der Waals surface area contributed by atoms with Crippen LogP contribution in [0, 0.1) is 0 Å². The van der Waals surface area contributed by atoms with E-state index in [1.54, 1.807) is 12.1 Å². The van der Waals surface area contributed by atoms with E-state index >= 15 is 0 Å². The molecule has 0 spiro atoms. The van der Waals surface area contributed by atoms with E-state index in [2.05, 4.69) is 12.2 Å². The lowest BCUT2D eigenvalue weighted by atomic mass is 10.2. The Morgan fingerprint density at radius 3 is 1.23 bits per heavy atom. The van der Waals surface area contributed by atoms with Gasteiger partial charge >= 0.3 is 17.9 Å². The zero-order valence-corrected chi connectivity index (χ0v) is 31.1. The number of carbonyl (C=O) groups excluding carboxylic acids is 3. The smallest absolute Gasteiger partial charge is 0.372 e. The normalized spacial score (nSPS) is 11.0. The largest absolute Gasteiger partial charge is 0.476 e. The average Bonchev–Trinajstić information content (AvgIpc) is 3.16. The van der Waals surface area contributed by atoms with Gasteiger partial charge in [0.15, 0.2) is 0 Å². The molecule has 53 heavy (non-hydrogen) atoms. The van der Waals surface area contributed by atoms with Crippen LogP contribution in [0.4, 0.5) is 5.69 Å². The van der Waals surface area contributed by atoms with Gasteiger partial charge in [0.1, 0.15) is 13.2 Å². The van der Waals surface area contributed by atoms with Gasteiger partial charge in [-0.3, -0.25) is 9.59 Å². The Labute approximate surface area is 312 Å². The second kappa shape index (κ2) is 35.8. The number of benzene rings is 1. The van der Waals surface area contributed by atoms with E-state index in [9.17, 15) is 19.2 Å². The van der Waals surface area contributed by atoms with Crippen molar-refractivity contribution in [3.8, 4) is 0 Å². The minimum absolute atomic E-state index is 0.00810. The SMILES string of the molecule is CCCCNc1ccc(C(=O)OCCOCCOCCOCCOCCOCCOCCOCCOCCOCCOC(=O)CCC(=O)C(=O)O)cc1. The van der Waals surface area contributed by atoms with Gasteiger partial charge in [0, 0.05) is 18.7 Å². The summed E-state index contributed by atoms with van der Waals surface area (Å²) in [4.78, 5) is 44.8. The van der Waals surface area contributed by atoms with Crippen LogP contribution in [0.1, 0.15) is 43.0 Å². The average molecular weight is 762 g/mol. The minimum atomic E-state index is -1.57. The zero-order valence-electron chi connectivity index (χ0n) is 31.1. The highest BCUT2D eigenvalue weighted by Crippen LogP contribution is 2.11. The lowest BCUT2D eigenvalue weighted by molar-refractivity contribution is -0.151. The Bertz CT molecular complexity index is 1060. The first-order valence-electron chi connectivity index (χ1n) is 18.1. The number of Topliss-reactive ketones (excluding diaryl/α,β-unsaturated/α-hetero) is 1. The van der Waals surface area contributed by atoms with E-state index in [1.807, 2.05) is 12.1 Å². The van der Waals surface area contributed by atoms with Crippen molar-refractivity contribution in [1.29, 1.82) is 0 Å². The van der Waals surface area contributed by atoms with Crippen molar-refractivity contribution in [1.82, 2.24) is 0 Å². The van der Waals surface area contributed by atoms with Crippen LogP contribution in [-0.2, 0) is 66.5 Å². The Morgan fingerprint density at radius 1 is 0.509 bits per heavy atom. The first kappa shape index (κ1) is 47.8. The molecule has 17 nitrogen and oxygen atoms in total. The topological polar surface area (TPSA) is 202 Å². The first-order chi connectivity index (χ1) is 25.9. The number of unbranched alkanes of at least 4 members (excludes halogenated alkanes) is 1. The van der Waals surface area contributed by atoms with Gasteiger partial charge < -0.3 is 62.5 Å². The monoisotopic (exact) mass is 761 g/mol. The van der Waals surface area contributed by atoms with Crippen LogP contribution in [-0.4, -0.2) is 167 Å². The van der Waals surface area contributed by atoms with E-state index < -0.39 is 24.1 Å². The number of anilines is 1. The summed E-state index contributed by atoms with van der Waals surface area (Å²) >= 11 is 0. The molecule has 0 radical (unpaired) electrons. The molecule has 1 rings (SSSR count). The standard InChI is InChI=1S/C36H59NO16/c1-2-3-10-37-32-6-4-31(5-7-32)36(42)53-30-28-51-26-24-49-22-20-47-18-16-45-14-12-43-11-13-44-15-17-46-19-21-48-23-25-50-27-29-52-34(39)9-8-33(38)35(40)41/h4-7,37H,2-3,8-30H2,1H3,(H,40,41). The second-order valence-corrected chi connectivity index (χ2v) is 11.0. The Kier molecular flexibility index (Phi) is 32.2. The summed E-state index contributed by atoms with van der Waals surface area (Å²) in [7, 11) is 0. The van der Waals surface area contributed by atoms with Gasteiger partial charge in [-0.25, -0.2) is 9.59 Å². The fourth-order valence-electron chi connectivity index (χ4n) is 3.88. The number of nitrogens with one attached hydrogen (secondary N) is 1. The molecule has 0 saturated carbocycles. The molecular formula is C36H59NO16. The molecule has 0 aliphatic heterocycles. The molecule has 304 valence electrons. The number of ketones is 1. The zero-order chi connectivity index (χ0) is 38.5. The van der Waals surface area contributed by atoms with Gasteiger partial charge in [0.2, 0.25) is 5.78 Å². The Morgan fingerprint density at radius 2 is 0.868 bits per heavy atom. The molecule has 0 heterocycles. The lowest BCUT2D eigenvalue weighted by Gasteiger charge is -2.09. The van der Waals surface area contributed by atoms with Crippen LogP contribution in [0.5, 0.6) is 0 Å². The summed E-state index contributed by atoms with van der Waals surface area (Å²) in [6, 6.07) is 7.25. The summed E-state index contributed by atoms with van der Waals surface area (Å²) < 4.78 is 58.9. The van der Waals surface area contributed by atoms with Crippen molar-refractivity contribution < 1.29 is 76.4 Å². The highest BCUT2D eigenvalue weighted by Gasteiger charge is 2.14. The highest BCUT2D eigenvalue weighted by atomic mass is 16.6. The van der Waals surface area contributed by atoms with Gasteiger partial charge in [0.05, 0.1) is 131 Å². The quantitative estimate of drug-likeness (QED) is 0.0561. The summed E-state index contributed by atoms with van der Waals surface area (Å²) in [6.07, 6.45) is 1.55. The number of rotatable bonds is 39. The molecule has 0 saturated heterocycles. The maximum Gasteiger partial charge on any atom is 0.372 e.